The second-order valence-corrected chi connectivity index (χ2v) is 7.66. The number of carbonyl (C=O) groups is 2. The van der Waals surface area contributed by atoms with Gasteiger partial charge in [0.1, 0.15) is 0 Å². The molecule has 1 heterocycles. The van der Waals surface area contributed by atoms with Crippen LogP contribution < -0.4 is 0 Å². The van der Waals surface area contributed by atoms with Crippen LogP contribution in [0.5, 0.6) is 0 Å². The fraction of sp³-hybridized carbons (Fsp3) is 0.467. The maximum absolute atomic E-state index is 12.7. The van der Waals surface area contributed by atoms with Gasteiger partial charge in [-0.2, -0.15) is 0 Å². The van der Waals surface area contributed by atoms with Crippen LogP contribution in [-0.2, 0) is 14.6 Å². The standard InChI is InChI=1S/C15H19NO6S/c1-22-8-7-16(13-6-9-23(20,21)10-13)14(17)11-2-4-12(5-3-11)15(18)19/h2-5,13H,6-10H2,1H3,(H,18,19). The topological polar surface area (TPSA) is 101 Å². The van der Waals surface area contributed by atoms with Crippen LogP contribution in [0.2, 0.25) is 0 Å². The fourth-order valence-corrected chi connectivity index (χ4v) is 4.31. The van der Waals surface area contributed by atoms with Gasteiger partial charge >= 0.3 is 5.97 Å². The zero-order valence-electron chi connectivity index (χ0n) is 12.8. The third kappa shape index (κ3) is 4.29. The van der Waals surface area contributed by atoms with E-state index >= 15 is 0 Å². The molecule has 1 aliphatic heterocycles. The molecule has 1 atom stereocenters. The molecule has 1 N–H and O–H groups in total. The summed E-state index contributed by atoms with van der Waals surface area (Å²) in [7, 11) is -1.60. The number of carbonyl (C=O) groups excluding carboxylic acids is 1. The molecule has 0 spiro atoms. The Kier molecular flexibility index (Phi) is 5.38. The molecule has 1 fully saturated rings. The first-order valence-electron chi connectivity index (χ1n) is 7.18. The lowest BCUT2D eigenvalue weighted by atomic mass is 10.1. The lowest BCUT2D eigenvalue weighted by Crippen LogP contribution is -2.43. The number of rotatable bonds is 6. The van der Waals surface area contributed by atoms with E-state index in [2.05, 4.69) is 0 Å². The van der Waals surface area contributed by atoms with Gasteiger partial charge in [-0.25, -0.2) is 13.2 Å². The van der Waals surface area contributed by atoms with Crippen LogP contribution in [0.25, 0.3) is 0 Å². The third-order valence-corrected chi connectivity index (χ3v) is 5.58. The third-order valence-electron chi connectivity index (χ3n) is 3.83. The number of nitrogens with zero attached hydrogens (tertiary/aromatic N) is 1. The highest BCUT2D eigenvalue weighted by molar-refractivity contribution is 7.91. The number of carboxylic acids is 1. The Bertz CT molecular complexity index is 682. The molecule has 2 rings (SSSR count). The van der Waals surface area contributed by atoms with E-state index in [-0.39, 0.29) is 35.6 Å². The van der Waals surface area contributed by atoms with Gasteiger partial charge < -0.3 is 14.7 Å². The normalized spacial score (nSPS) is 19.4. The molecule has 0 aliphatic carbocycles. The van der Waals surface area contributed by atoms with Gasteiger partial charge in [-0.15, -0.1) is 0 Å². The maximum Gasteiger partial charge on any atom is 0.335 e. The van der Waals surface area contributed by atoms with Gasteiger partial charge in [0.2, 0.25) is 0 Å². The predicted octanol–water partition coefficient (Wildman–Crippen LogP) is 0.660. The van der Waals surface area contributed by atoms with Crippen LogP contribution in [0.4, 0.5) is 0 Å². The monoisotopic (exact) mass is 341 g/mol. The molecule has 0 radical (unpaired) electrons. The molecule has 1 unspecified atom stereocenters. The highest BCUT2D eigenvalue weighted by Crippen LogP contribution is 2.20. The highest BCUT2D eigenvalue weighted by Gasteiger charge is 2.34. The first-order chi connectivity index (χ1) is 10.8. The number of methoxy groups -OCH3 is 1. The molecule has 1 aromatic carbocycles. The average molecular weight is 341 g/mol. The van der Waals surface area contributed by atoms with Gasteiger partial charge in [0.15, 0.2) is 9.84 Å². The molecule has 0 aromatic heterocycles. The van der Waals surface area contributed by atoms with E-state index in [1.165, 1.54) is 36.3 Å². The van der Waals surface area contributed by atoms with E-state index in [9.17, 15) is 18.0 Å². The first kappa shape index (κ1) is 17.4. The van der Waals surface area contributed by atoms with Crippen LogP contribution in [0.15, 0.2) is 24.3 Å². The van der Waals surface area contributed by atoms with Crippen molar-refractivity contribution in [2.45, 2.75) is 12.5 Å². The number of ether oxygens (including phenoxy) is 1. The molecular formula is C15H19NO6S. The van der Waals surface area contributed by atoms with Crippen molar-refractivity contribution in [1.29, 1.82) is 0 Å². The molecule has 126 valence electrons. The summed E-state index contributed by atoms with van der Waals surface area (Å²) in [5.74, 6) is -1.36. The number of carboxylic acid groups (broad SMARTS) is 1. The van der Waals surface area contributed by atoms with Gasteiger partial charge in [0, 0.05) is 25.3 Å². The van der Waals surface area contributed by atoms with E-state index in [0.717, 1.165) is 0 Å². The van der Waals surface area contributed by atoms with Crippen molar-refractivity contribution >= 4 is 21.7 Å². The van der Waals surface area contributed by atoms with Crippen molar-refractivity contribution in [2.24, 2.45) is 0 Å². The zero-order chi connectivity index (χ0) is 17.0. The summed E-state index contributed by atoms with van der Waals surface area (Å²) in [6.45, 7) is 0.589. The molecule has 1 amide bonds. The molecule has 1 aliphatic rings. The SMILES string of the molecule is COCCN(C(=O)c1ccc(C(=O)O)cc1)C1CCS(=O)(=O)C1. The zero-order valence-corrected chi connectivity index (χ0v) is 13.6. The Morgan fingerprint density at radius 1 is 1.26 bits per heavy atom. The smallest absolute Gasteiger partial charge is 0.335 e. The second-order valence-electron chi connectivity index (χ2n) is 5.43. The molecule has 1 aromatic rings. The van der Waals surface area contributed by atoms with Crippen LogP contribution in [0.3, 0.4) is 0 Å². The number of amides is 1. The molecule has 1 saturated heterocycles. The molecule has 23 heavy (non-hydrogen) atoms. The van der Waals surface area contributed by atoms with Crippen LogP contribution in [-0.4, -0.2) is 68.1 Å². The van der Waals surface area contributed by atoms with Crippen molar-refractivity contribution in [1.82, 2.24) is 4.90 Å². The number of hydrogen-bond acceptors (Lipinski definition) is 5. The molecule has 7 nitrogen and oxygen atoms in total. The van der Waals surface area contributed by atoms with Gasteiger partial charge in [-0.05, 0) is 30.7 Å². The van der Waals surface area contributed by atoms with Crippen molar-refractivity contribution in [3.63, 3.8) is 0 Å². The highest BCUT2D eigenvalue weighted by atomic mass is 32.2. The quantitative estimate of drug-likeness (QED) is 0.816. The Balaban J connectivity index is 2.20. The maximum atomic E-state index is 12.7. The first-order valence-corrected chi connectivity index (χ1v) is 9.00. The molecule has 0 bridgehead atoms. The summed E-state index contributed by atoms with van der Waals surface area (Å²) in [6.07, 6.45) is 0.408. The van der Waals surface area contributed by atoms with Crippen molar-refractivity contribution in [3.8, 4) is 0 Å². The fourth-order valence-electron chi connectivity index (χ4n) is 2.58. The largest absolute Gasteiger partial charge is 0.478 e. The van der Waals surface area contributed by atoms with Crippen molar-refractivity contribution in [2.75, 3.05) is 31.8 Å². The number of hydrogen-bond donors (Lipinski definition) is 1. The van der Waals surface area contributed by atoms with Crippen LogP contribution in [0.1, 0.15) is 27.1 Å². The summed E-state index contributed by atoms with van der Waals surface area (Å²) in [5, 5.41) is 8.89. The van der Waals surface area contributed by atoms with E-state index in [0.29, 0.717) is 18.6 Å². The Morgan fingerprint density at radius 2 is 1.87 bits per heavy atom. The van der Waals surface area contributed by atoms with Gasteiger partial charge in [0.25, 0.3) is 5.91 Å². The van der Waals surface area contributed by atoms with Gasteiger partial charge in [-0.1, -0.05) is 0 Å². The second kappa shape index (κ2) is 7.10. The average Bonchev–Trinajstić information content (AvgIpc) is 2.87. The minimum Gasteiger partial charge on any atom is -0.478 e. The molecule has 8 heteroatoms. The van der Waals surface area contributed by atoms with E-state index in [1.807, 2.05) is 0 Å². The minimum absolute atomic E-state index is 0.0460. The van der Waals surface area contributed by atoms with Crippen LogP contribution >= 0.6 is 0 Å². The summed E-state index contributed by atoms with van der Waals surface area (Å²) in [6, 6.07) is 5.22. The van der Waals surface area contributed by atoms with E-state index < -0.39 is 15.8 Å². The number of sulfone groups is 1. The lowest BCUT2D eigenvalue weighted by molar-refractivity contribution is 0.0622. The van der Waals surface area contributed by atoms with Crippen LogP contribution in [0, 0.1) is 0 Å². The van der Waals surface area contributed by atoms with Gasteiger partial charge in [-0.3, -0.25) is 4.79 Å². The molecule has 0 saturated carbocycles. The Labute approximate surface area is 134 Å². The van der Waals surface area contributed by atoms with E-state index in [4.69, 9.17) is 9.84 Å². The Morgan fingerprint density at radius 3 is 2.35 bits per heavy atom. The summed E-state index contributed by atoms with van der Waals surface area (Å²) < 4.78 is 28.3. The summed E-state index contributed by atoms with van der Waals surface area (Å²) >= 11 is 0. The number of aromatic carboxylic acids is 1. The minimum atomic E-state index is -3.11. The van der Waals surface area contributed by atoms with Gasteiger partial charge in [0.05, 0.1) is 23.7 Å². The lowest BCUT2D eigenvalue weighted by Gasteiger charge is -2.28. The number of benzene rings is 1. The van der Waals surface area contributed by atoms with Crippen molar-refractivity contribution in [3.05, 3.63) is 35.4 Å². The Hall–Kier alpha value is -1.93. The van der Waals surface area contributed by atoms with E-state index in [1.54, 1.807) is 0 Å². The molecular weight excluding hydrogens is 322 g/mol. The summed E-state index contributed by atoms with van der Waals surface area (Å²) in [4.78, 5) is 25.0. The predicted molar refractivity (Wildman–Crippen MR) is 83.4 cm³/mol. The van der Waals surface area contributed by atoms with Crippen molar-refractivity contribution < 1.29 is 27.9 Å². The summed E-state index contributed by atoms with van der Waals surface area (Å²) in [5.41, 5.74) is 0.420.